The number of nitrogens with zero attached hydrogens (tertiary/aromatic N) is 2. The molecule has 4 nitrogen and oxygen atoms in total. The first kappa shape index (κ1) is 13.8. The summed E-state index contributed by atoms with van der Waals surface area (Å²) in [6, 6.07) is 11.6. The number of hydrogen-bond acceptors (Lipinski definition) is 2. The summed E-state index contributed by atoms with van der Waals surface area (Å²) < 4.78 is 1.60. The van der Waals surface area contributed by atoms with E-state index in [-0.39, 0.29) is 11.9 Å². The maximum atomic E-state index is 12.2. The molecule has 100 valence electrons. The summed E-state index contributed by atoms with van der Waals surface area (Å²) in [6.07, 6.45) is 0. The lowest BCUT2D eigenvalue weighted by Crippen LogP contribution is -2.30. The highest BCUT2D eigenvalue weighted by atomic mass is 79.9. The molecule has 0 aliphatic carbocycles. The first-order chi connectivity index (χ1) is 9.11. The van der Waals surface area contributed by atoms with Gasteiger partial charge in [0.25, 0.3) is 5.91 Å². The third kappa shape index (κ3) is 3.23. The zero-order valence-electron chi connectivity index (χ0n) is 10.9. The van der Waals surface area contributed by atoms with E-state index in [1.807, 2.05) is 37.3 Å². The Kier molecular flexibility index (Phi) is 4.37. The number of rotatable bonds is 4. The van der Waals surface area contributed by atoms with Gasteiger partial charge in [-0.2, -0.15) is 5.10 Å². The molecule has 1 aromatic heterocycles. The molecule has 19 heavy (non-hydrogen) atoms. The summed E-state index contributed by atoms with van der Waals surface area (Å²) in [6.45, 7) is 1.87. The molecule has 2 rings (SSSR count). The molecular formula is C14H16BrN3O. The Hall–Kier alpha value is -1.62. The Labute approximate surface area is 120 Å². The Balaban J connectivity index is 2.15. The minimum Gasteiger partial charge on any atom is -0.343 e. The van der Waals surface area contributed by atoms with Crippen LogP contribution >= 0.6 is 15.9 Å². The number of aromatic nitrogens is 2. The van der Waals surface area contributed by atoms with Crippen LogP contribution in [0.3, 0.4) is 0 Å². The van der Waals surface area contributed by atoms with Gasteiger partial charge in [-0.05, 0) is 18.6 Å². The van der Waals surface area contributed by atoms with Gasteiger partial charge in [-0.1, -0.05) is 46.3 Å². The number of hydrogen-bond donors (Lipinski definition) is 1. The van der Waals surface area contributed by atoms with E-state index in [0.717, 1.165) is 11.3 Å². The van der Waals surface area contributed by atoms with E-state index in [1.54, 1.807) is 17.8 Å². The van der Waals surface area contributed by atoms with Crippen molar-refractivity contribution < 1.29 is 4.79 Å². The number of aryl methyl sites for hydroxylation is 2. The van der Waals surface area contributed by atoms with Crippen LogP contribution in [0, 0.1) is 6.92 Å². The maximum absolute atomic E-state index is 12.2. The highest BCUT2D eigenvalue weighted by molar-refractivity contribution is 9.09. The molecular weight excluding hydrogens is 306 g/mol. The molecule has 1 atom stereocenters. The number of amides is 1. The molecule has 1 N–H and O–H groups in total. The smallest absolute Gasteiger partial charge is 0.270 e. The Bertz CT molecular complexity index is 565. The van der Waals surface area contributed by atoms with Crippen LogP contribution in [0.2, 0.25) is 0 Å². The number of carbonyl (C=O) groups excluding carboxylic acids is 1. The molecule has 0 aliphatic rings. The molecule has 0 spiro atoms. The van der Waals surface area contributed by atoms with Crippen molar-refractivity contribution in [3.8, 4) is 0 Å². The van der Waals surface area contributed by atoms with Gasteiger partial charge < -0.3 is 5.32 Å². The molecule has 1 amide bonds. The number of carbonyl (C=O) groups is 1. The molecule has 0 bridgehead atoms. The zero-order valence-corrected chi connectivity index (χ0v) is 12.5. The number of alkyl halides is 1. The van der Waals surface area contributed by atoms with Crippen LogP contribution in [0.25, 0.3) is 0 Å². The highest BCUT2D eigenvalue weighted by Crippen LogP contribution is 2.16. The van der Waals surface area contributed by atoms with E-state index in [4.69, 9.17) is 0 Å². The molecule has 0 fully saturated rings. The largest absolute Gasteiger partial charge is 0.343 e. The topological polar surface area (TPSA) is 46.9 Å². The van der Waals surface area contributed by atoms with Crippen LogP contribution < -0.4 is 5.32 Å². The number of halogens is 1. The molecule has 2 aromatic rings. The molecule has 1 heterocycles. The van der Waals surface area contributed by atoms with Crippen LogP contribution in [0.4, 0.5) is 0 Å². The summed E-state index contributed by atoms with van der Waals surface area (Å²) >= 11 is 3.44. The van der Waals surface area contributed by atoms with Gasteiger partial charge in [0.15, 0.2) is 0 Å². The average Bonchev–Trinajstić information content (AvgIpc) is 2.76. The molecule has 1 aromatic carbocycles. The van der Waals surface area contributed by atoms with E-state index < -0.39 is 0 Å². The monoisotopic (exact) mass is 321 g/mol. The fourth-order valence-corrected chi connectivity index (χ4v) is 2.49. The van der Waals surface area contributed by atoms with Crippen molar-refractivity contribution in [2.75, 3.05) is 5.33 Å². The first-order valence-corrected chi connectivity index (χ1v) is 7.16. The first-order valence-electron chi connectivity index (χ1n) is 6.04. The van der Waals surface area contributed by atoms with Crippen molar-refractivity contribution in [2.45, 2.75) is 13.0 Å². The van der Waals surface area contributed by atoms with Gasteiger partial charge in [0.2, 0.25) is 0 Å². The third-order valence-corrected chi connectivity index (χ3v) is 3.54. The highest BCUT2D eigenvalue weighted by Gasteiger charge is 2.17. The maximum Gasteiger partial charge on any atom is 0.270 e. The molecule has 0 saturated carbocycles. The SMILES string of the molecule is Cc1cc(C(=O)NC(CBr)c2ccccc2)n(C)n1. The van der Waals surface area contributed by atoms with Crippen LogP contribution in [0.5, 0.6) is 0 Å². The Morgan fingerprint density at radius 3 is 2.63 bits per heavy atom. The van der Waals surface area contributed by atoms with Gasteiger partial charge in [-0.25, -0.2) is 0 Å². The van der Waals surface area contributed by atoms with E-state index in [0.29, 0.717) is 11.0 Å². The minimum atomic E-state index is -0.114. The summed E-state index contributed by atoms with van der Waals surface area (Å²) in [7, 11) is 1.77. The van der Waals surface area contributed by atoms with Crippen LogP contribution in [-0.4, -0.2) is 21.0 Å². The second-order valence-electron chi connectivity index (χ2n) is 4.39. The van der Waals surface area contributed by atoms with Gasteiger partial charge in [-0.3, -0.25) is 9.48 Å². The fraction of sp³-hybridized carbons (Fsp3) is 0.286. The van der Waals surface area contributed by atoms with E-state index in [2.05, 4.69) is 26.3 Å². The van der Waals surface area contributed by atoms with E-state index in [1.165, 1.54) is 0 Å². The van der Waals surface area contributed by atoms with Crippen molar-refractivity contribution in [1.29, 1.82) is 0 Å². The molecule has 0 aliphatic heterocycles. The van der Waals surface area contributed by atoms with Crippen molar-refractivity contribution in [3.63, 3.8) is 0 Å². The van der Waals surface area contributed by atoms with Crippen LogP contribution in [0.15, 0.2) is 36.4 Å². The minimum absolute atomic E-state index is 0.0519. The second-order valence-corrected chi connectivity index (χ2v) is 5.03. The third-order valence-electron chi connectivity index (χ3n) is 2.90. The molecule has 1 unspecified atom stereocenters. The van der Waals surface area contributed by atoms with Gasteiger partial charge >= 0.3 is 0 Å². The fourth-order valence-electron chi connectivity index (χ4n) is 1.95. The lowest BCUT2D eigenvalue weighted by atomic mass is 10.1. The van der Waals surface area contributed by atoms with Crippen LogP contribution in [-0.2, 0) is 7.05 Å². The lowest BCUT2D eigenvalue weighted by Gasteiger charge is -2.16. The quantitative estimate of drug-likeness (QED) is 0.880. The normalized spacial score (nSPS) is 12.2. The molecule has 5 heteroatoms. The average molecular weight is 322 g/mol. The van der Waals surface area contributed by atoms with Gasteiger partial charge in [0.05, 0.1) is 11.7 Å². The van der Waals surface area contributed by atoms with Crippen molar-refractivity contribution in [1.82, 2.24) is 15.1 Å². The van der Waals surface area contributed by atoms with E-state index in [9.17, 15) is 4.79 Å². The molecule has 0 radical (unpaired) electrons. The summed E-state index contributed by atoms with van der Waals surface area (Å²) in [5, 5.41) is 7.86. The molecule has 0 saturated heterocycles. The van der Waals surface area contributed by atoms with Crippen LogP contribution in [0.1, 0.15) is 27.8 Å². The standard InChI is InChI=1S/C14H16BrN3O/c1-10-8-13(18(2)17-10)14(19)16-12(9-15)11-6-4-3-5-7-11/h3-8,12H,9H2,1-2H3,(H,16,19). The number of nitrogens with one attached hydrogen (secondary N) is 1. The van der Waals surface area contributed by atoms with Gasteiger partial charge in [-0.15, -0.1) is 0 Å². The Morgan fingerprint density at radius 1 is 1.42 bits per heavy atom. The van der Waals surface area contributed by atoms with Crippen molar-refractivity contribution >= 4 is 21.8 Å². The Morgan fingerprint density at radius 2 is 2.11 bits per heavy atom. The van der Waals surface area contributed by atoms with Gasteiger partial charge in [0, 0.05) is 12.4 Å². The summed E-state index contributed by atoms with van der Waals surface area (Å²) in [4.78, 5) is 12.2. The predicted molar refractivity (Wildman–Crippen MR) is 78.4 cm³/mol. The zero-order chi connectivity index (χ0) is 13.8. The predicted octanol–water partition coefficient (Wildman–Crippen LogP) is 2.59. The van der Waals surface area contributed by atoms with Crippen molar-refractivity contribution in [3.05, 3.63) is 53.3 Å². The lowest BCUT2D eigenvalue weighted by molar-refractivity contribution is 0.0931. The summed E-state index contributed by atoms with van der Waals surface area (Å²) in [5.41, 5.74) is 2.48. The number of benzene rings is 1. The van der Waals surface area contributed by atoms with E-state index >= 15 is 0 Å². The van der Waals surface area contributed by atoms with Gasteiger partial charge in [0.1, 0.15) is 5.69 Å². The summed E-state index contributed by atoms with van der Waals surface area (Å²) in [5.74, 6) is -0.114. The second kappa shape index (κ2) is 6.02. The van der Waals surface area contributed by atoms with Crippen molar-refractivity contribution in [2.24, 2.45) is 7.05 Å².